The van der Waals surface area contributed by atoms with Crippen LogP contribution in [0, 0.1) is 0 Å². The number of para-hydroxylation sites is 1. The molecule has 2 N–H and O–H groups in total. The fourth-order valence-corrected chi connectivity index (χ4v) is 3.95. The maximum absolute atomic E-state index is 9.30. The lowest BCUT2D eigenvalue weighted by Crippen LogP contribution is -2.29. The summed E-state index contributed by atoms with van der Waals surface area (Å²) in [6, 6.07) is 16.3. The average Bonchev–Trinajstić information content (AvgIpc) is 3.21. The first-order valence-corrected chi connectivity index (χ1v) is 10.5. The van der Waals surface area contributed by atoms with Gasteiger partial charge in [0, 0.05) is 6.20 Å². The number of H-pyrrole nitrogens is 1. The summed E-state index contributed by atoms with van der Waals surface area (Å²) >= 11 is 0. The van der Waals surface area contributed by atoms with E-state index in [2.05, 4.69) is 53.8 Å². The Balaban J connectivity index is 1.57. The Morgan fingerprint density at radius 2 is 2.00 bits per heavy atom. The number of imidazole rings is 1. The van der Waals surface area contributed by atoms with Gasteiger partial charge in [0.05, 0.1) is 35.4 Å². The number of aromatic nitrogens is 3. The van der Waals surface area contributed by atoms with Crippen LogP contribution in [0.4, 0.5) is 11.5 Å². The van der Waals surface area contributed by atoms with E-state index in [-0.39, 0.29) is 12.0 Å². The molecule has 1 aliphatic heterocycles. The van der Waals surface area contributed by atoms with E-state index in [1.54, 1.807) is 6.20 Å². The summed E-state index contributed by atoms with van der Waals surface area (Å²) in [5.41, 5.74) is 6.00. The smallest absolute Gasteiger partial charge is 0.154 e. The maximum Gasteiger partial charge on any atom is 0.154 e. The van der Waals surface area contributed by atoms with Gasteiger partial charge in [0.2, 0.25) is 0 Å². The number of hydrogen-bond acceptors (Lipinski definition) is 5. The van der Waals surface area contributed by atoms with Crippen molar-refractivity contribution in [1.82, 2.24) is 15.0 Å². The van der Waals surface area contributed by atoms with Gasteiger partial charge in [-0.05, 0) is 46.9 Å². The molecule has 158 valence electrons. The molecule has 1 aliphatic rings. The summed E-state index contributed by atoms with van der Waals surface area (Å²) in [5, 5.41) is 9.30. The molecule has 0 atom stereocenters. The monoisotopic (exact) mass is 414 g/mol. The first-order valence-electron chi connectivity index (χ1n) is 10.5. The summed E-state index contributed by atoms with van der Waals surface area (Å²) in [6.45, 7) is 7.88. The summed E-state index contributed by atoms with van der Waals surface area (Å²) in [6.07, 6.45) is 1.71. The van der Waals surface area contributed by atoms with Crippen molar-refractivity contribution in [3.8, 4) is 17.1 Å². The minimum atomic E-state index is -0.0138. The number of hydrogen-bond donors (Lipinski definition) is 2. The lowest BCUT2D eigenvalue weighted by atomic mass is 9.87. The van der Waals surface area contributed by atoms with Gasteiger partial charge in [-0.2, -0.15) is 0 Å². The number of anilines is 2. The van der Waals surface area contributed by atoms with Crippen LogP contribution in [0.3, 0.4) is 0 Å². The van der Waals surface area contributed by atoms with Crippen molar-refractivity contribution in [3.63, 3.8) is 0 Å². The van der Waals surface area contributed by atoms with Gasteiger partial charge in [0.1, 0.15) is 18.2 Å². The van der Waals surface area contributed by atoms with Crippen LogP contribution >= 0.6 is 0 Å². The van der Waals surface area contributed by atoms with E-state index < -0.39 is 0 Å². The van der Waals surface area contributed by atoms with Gasteiger partial charge in [-0.3, -0.25) is 0 Å². The van der Waals surface area contributed by atoms with Crippen molar-refractivity contribution >= 4 is 22.5 Å². The molecular formula is C25H26N4O2. The molecule has 0 fully saturated rings. The normalized spacial score (nSPS) is 13.9. The highest BCUT2D eigenvalue weighted by atomic mass is 16.5. The van der Waals surface area contributed by atoms with Crippen molar-refractivity contribution in [2.45, 2.75) is 32.8 Å². The molecule has 5 rings (SSSR count). The minimum absolute atomic E-state index is 0.0138. The molecule has 31 heavy (non-hydrogen) atoms. The standard InChI is InChI=1S/C25H26N4O2/c1-25(2,3)17-8-9-19-20(13-17)28-24(27-19)18-5-4-6-21-23(18)31-12-11-29(21)22-10-7-16(15-30)14-26-22/h4-10,13-14,30H,11-12,15H2,1-3H3,(H,27,28). The van der Waals surface area contributed by atoms with Crippen LogP contribution in [0.25, 0.3) is 22.4 Å². The van der Waals surface area contributed by atoms with E-state index in [0.717, 1.165) is 45.2 Å². The Kier molecular flexibility index (Phi) is 4.67. The third kappa shape index (κ3) is 3.53. The third-order valence-corrected chi connectivity index (χ3v) is 5.72. The second-order valence-corrected chi connectivity index (χ2v) is 8.90. The fraction of sp³-hybridized carbons (Fsp3) is 0.280. The molecule has 4 aromatic rings. The van der Waals surface area contributed by atoms with Crippen molar-refractivity contribution in [3.05, 3.63) is 65.9 Å². The third-order valence-electron chi connectivity index (χ3n) is 5.72. The number of ether oxygens (including phenoxy) is 1. The summed E-state index contributed by atoms with van der Waals surface area (Å²) in [7, 11) is 0. The lowest BCUT2D eigenvalue weighted by Gasteiger charge is -2.31. The van der Waals surface area contributed by atoms with Gasteiger partial charge >= 0.3 is 0 Å². The zero-order valence-corrected chi connectivity index (χ0v) is 18.0. The summed E-state index contributed by atoms with van der Waals surface area (Å²) in [4.78, 5) is 15.0. The number of nitrogens with zero attached hydrogens (tertiary/aromatic N) is 3. The lowest BCUT2D eigenvalue weighted by molar-refractivity contribution is 0.281. The van der Waals surface area contributed by atoms with E-state index >= 15 is 0 Å². The quantitative estimate of drug-likeness (QED) is 0.496. The van der Waals surface area contributed by atoms with E-state index in [9.17, 15) is 5.11 Å². The summed E-state index contributed by atoms with van der Waals surface area (Å²) in [5.74, 6) is 2.43. The number of aliphatic hydroxyl groups excluding tert-OH is 1. The molecule has 0 unspecified atom stereocenters. The zero-order valence-electron chi connectivity index (χ0n) is 18.0. The van der Waals surface area contributed by atoms with Crippen LogP contribution in [-0.2, 0) is 12.0 Å². The van der Waals surface area contributed by atoms with Gasteiger partial charge in [0.15, 0.2) is 5.75 Å². The van der Waals surface area contributed by atoms with Gasteiger partial charge in [-0.25, -0.2) is 9.97 Å². The van der Waals surface area contributed by atoms with Gasteiger partial charge in [-0.15, -0.1) is 0 Å². The summed E-state index contributed by atoms with van der Waals surface area (Å²) < 4.78 is 6.11. The average molecular weight is 415 g/mol. The molecule has 0 saturated carbocycles. The number of aliphatic hydroxyl groups is 1. The maximum atomic E-state index is 9.30. The number of pyridine rings is 1. The minimum Gasteiger partial charge on any atom is -0.489 e. The molecule has 6 heteroatoms. The fourth-order valence-electron chi connectivity index (χ4n) is 3.95. The van der Waals surface area contributed by atoms with Crippen molar-refractivity contribution in [2.75, 3.05) is 18.1 Å². The van der Waals surface area contributed by atoms with Crippen LogP contribution in [-0.4, -0.2) is 33.2 Å². The molecule has 0 bridgehead atoms. The number of fused-ring (bicyclic) bond motifs is 2. The van der Waals surface area contributed by atoms with Crippen molar-refractivity contribution in [1.29, 1.82) is 0 Å². The first kappa shape index (κ1) is 19.6. The molecule has 0 amide bonds. The van der Waals surface area contributed by atoms with E-state index in [4.69, 9.17) is 9.72 Å². The Morgan fingerprint density at radius 3 is 2.74 bits per heavy atom. The molecule has 6 nitrogen and oxygen atoms in total. The number of aromatic amines is 1. The molecule has 0 spiro atoms. The zero-order chi connectivity index (χ0) is 21.6. The van der Waals surface area contributed by atoms with Crippen LogP contribution in [0.5, 0.6) is 5.75 Å². The number of benzene rings is 2. The second kappa shape index (κ2) is 7.39. The predicted molar refractivity (Wildman–Crippen MR) is 123 cm³/mol. The molecule has 2 aromatic heterocycles. The largest absolute Gasteiger partial charge is 0.489 e. The number of rotatable bonds is 3. The van der Waals surface area contributed by atoms with Crippen LogP contribution in [0.2, 0.25) is 0 Å². The molecule has 3 heterocycles. The van der Waals surface area contributed by atoms with Crippen LogP contribution in [0.15, 0.2) is 54.7 Å². The highest BCUT2D eigenvalue weighted by Crippen LogP contribution is 2.42. The molecule has 0 radical (unpaired) electrons. The van der Waals surface area contributed by atoms with Crippen LogP contribution in [0.1, 0.15) is 31.9 Å². The molecule has 0 aliphatic carbocycles. The Labute approximate surface area is 181 Å². The topological polar surface area (TPSA) is 74.3 Å². The van der Waals surface area contributed by atoms with E-state index in [0.29, 0.717) is 13.2 Å². The van der Waals surface area contributed by atoms with E-state index in [1.165, 1.54) is 5.56 Å². The highest BCUT2D eigenvalue weighted by molar-refractivity contribution is 5.85. The van der Waals surface area contributed by atoms with Crippen molar-refractivity contribution < 1.29 is 9.84 Å². The predicted octanol–water partition coefficient (Wildman–Crippen LogP) is 4.95. The molecular weight excluding hydrogens is 388 g/mol. The Hall–Kier alpha value is -3.38. The highest BCUT2D eigenvalue weighted by Gasteiger charge is 2.25. The van der Waals surface area contributed by atoms with Crippen LogP contribution < -0.4 is 9.64 Å². The molecule has 0 saturated heterocycles. The van der Waals surface area contributed by atoms with Gasteiger partial charge in [0.25, 0.3) is 0 Å². The van der Waals surface area contributed by atoms with E-state index in [1.807, 2.05) is 30.3 Å². The van der Waals surface area contributed by atoms with Crippen molar-refractivity contribution in [2.24, 2.45) is 0 Å². The number of nitrogens with one attached hydrogen (secondary N) is 1. The Bertz CT molecular complexity index is 1240. The molecule has 2 aromatic carbocycles. The first-order chi connectivity index (χ1) is 14.9. The SMILES string of the molecule is CC(C)(C)c1ccc2nc(-c3cccc4c3OCCN4c3ccc(CO)cn3)[nH]c2c1. The van der Waals surface area contributed by atoms with Gasteiger partial charge in [-0.1, -0.05) is 39.0 Å². The Morgan fingerprint density at radius 1 is 1.13 bits per heavy atom. The van der Waals surface area contributed by atoms with Gasteiger partial charge < -0.3 is 19.7 Å². The second-order valence-electron chi connectivity index (χ2n) is 8.90.